The largest absolute Gasteiger partial charge is 0.480 e. The molecule has 1 aliphatic heterocycles. The first kappa shape index (κ1) is 14.9. The molecular formula is C19H17FN2O2. The Morgan fingerprint density at radius 2 is 1.96 bits per heavy atom. The van der Waals surface area contributed by atoms with Crippen LogP contribution in [0, 0.1) is 5.82 Å². The quantitative estimate of drug-likeness (QED) is 0.777. The molecule has 24 heavy (non-hydrogen) atoms. The fraction of sp³-hybridized carbons (Fsp3) is 0.211. The maximum atomic E-state index is 13.3. The Kier molecular flexibility index (Phi) is 3.58. The van der Waals surface area contributed by atoms with Crippen LogP contribution in [0.3, 0.4) is 0 Å². The van der Waals surface area contributed by atoms with Crippen LogP contribution in [-0.2, 0) is 11.2 Å². The molecule has 2 heterocycles. The lowest BCUT2D eigenvalue weighted by Gasteiger charge is -2.35. The molecule has 2 N–H and O–H groups in total. The third-order valence-electron chi connectivity index (χ3n) is 4.66. The summed E-state index contributed by atoms with van der Waals surface area (Å²) in [7, 11) is 0. The number of H-pyrrole nitrogens is 1. The van der Waals surface area contributed by atoms with Gasteiger partial charge < -0.3 is 10.1 Å². The number of rotatable bonds is 3. The number of para-hydroxylation sites is 1. The zero-order valence-electron chi connectivity index (χ0n) is 13.0. The Labute approximate surface area is 138 Å². The van der Waals surface area contributed by atoms with E-state index in [-0.39, 0.29) is 18.4 Å². The summed E-state index contributed by atoms with van der Waals surface area (Å²) in [6, 6.07) is 14.2. The summed E-state index contributed by atoms with van der Waals surface area (Å²) in [5.74, 6) is -1.15. The number of aliphatic carboxylic acids is 1. The van der Waals surface area contributed by atoms with E-state index in [9.17, 15) is 14.3 Å². The molecule has 5 heteroatoms. The Morgan fingerprint density at radius 3 is 2.71 bits per heavy atom. The highest BCUT2D eigenvalue weighted by atomic mass is 19.1. The van der Waals surface area contributed by atoms with Gasteiger partial charge >= 0.3 is 5.97 Å². The number of aromatic nitrogens is 1. The molecular weight excluding hydrogens is 307 g/mol. The van der Waals surface area contributed by atoms with E-state index in [2.05, 4.69) is 11.1 Å². The minimum absolute atomic E-state index is 0.0448. The molecule has 4 rings (SSSR count). The number of nitrogens with one attached hydrogen (secondary N) is 1. The van der Waals surface area contributed by atoms with Crippen molar-refractivity contribution in [3.63, 3.8) is 0 Å². The van der Waals surface area contributed by atoms with E-state index in [0.29, 0.717) is 6.54 Å². The van der Waals surface area contributed by atoms with Gasteiger partial charge in [0.15, 0.2) is 0 Å². The second-order valence-electron chi connectivity index (χ2n) is 6.13. The molecule has 1 aliphatic rings. The molecule has 0 bridgehead atoms. The van der Waals surface area contributed by atoms with E-state index in [1.807, 2.05) is 23.1 Å². The summed E-state index contributed by atoms with van der Waals surface area (Å²) in [5, 5.41) is 10.4. The van der Waals surface area contributed by atoms with Crippen LogP contribution in [0.4, 0.5) is 4.39 Å². The topological polar surface area (TPSA) is 56.3 Å². The monoisotopic (exact) mass is 324 g/mol. The van der Waals surface area contributed by atoms with Crippen LogP contribution in [0.2, 0.25) is 0 Å². The maximum absolute atomic E-state index is 13.3. The first-order valence-corrected chi connectivity index (χ1v) is 7.94. The number of carboxylic acids is 1. The number of benzene rings is 2. The van der Waals surface area contributed by atoms with Crippen LogP contribution in [0.5, 0.6) is 0 Å². The van der Waals surface area contributed by atoms with Gasteiger partial charge in [0.2, 0.25) is 0 Å². The van der Waals surface area contributed by atoms with Crippen molar-refractivity contribution in [3.05, 3.63) is 71.2 Å². The minimum Gasteiger partial charge on any atom is -0.480 e. The molecule has 0 fully saturated rings. The lowest BCUT2D eigenvalue weighted by molar-refractivity contribution is -0.138. The van der Waals surface area contributed by atoms with E-state index in [1.54, 1.807) is 12.1 Å². The van der Waals surface area contributed by atoms with E-state index in [0.717, 1.165) is 23.2 Å². The molecule has 0 aliphatic carbocycles. The minimum atomic E-state index is -0.860. The molecule has 122 valence electrons. The van der Waals surface area contributed by atoms with Crippen molar-refractivity contribution < 1.29 is 14.3 Å². The van der Waals surface area contributed by atoms with E-state index < -0.39 is 5.97 Å². The number of aromatic amines is 1. The first-order valence-electron chi connectivity index (χ1n) is 7.94. The molecule has 0 spiro atoms. The van der Waals surface area contributed by atoms with Crippen molar-refractivity contribution >= 4 is 16.9 Å². The van der Waals surface area contributed by atoms with Crippen molar-refractivity contribution in [3.8, 4) is 0 Å². The van der Waals surface area contributed by atoms with E-state index in [4.69, 9.17) is 0 Å². The Balaban J connectivity index is 1.87. The molecule has 0 amide bonds. The number of hydrogen-bond donors (Lipinski definition) is 2. The van der Waals surface area contributed by atoms with Crippen molar-refractivity contribution in [2.75, 3.05) is 13.1 Å². The van der Waals surface area contributed by atoms with Gasteiger partial charge in [0.1, 0.15) is 5.82 Å². The molecule has 0 saturated carbocycles. The third kappa shape index (κ3) is 2.47. The van der Waals surface area contributed by atoms with E-state index in [1.165, 1.54) is 23.1 Å². The van der Waals surface area contributed by atoms with Crippen molar-refractivity contribution in [1.82, 2.24) is 9.88 Å². The van der Waals surface area contributed by atoms with Crippen LogP contribution in [0.15, 0.2) is 48.5 Å². The normalized spacial score (nSPS) is 17.8. The fourth-order valence-electron chi connectivity index (χ4n) is 3.66. The molecule has 1 unspecified atom stereocenters. The molecule has 3 aromatic rings. The van der Waals surface area contributed by atoms with Gasteiger partial charge in [-0.1, -0.05) is 30.3 Å². The van der Waals surface area contributed by atoms with Crippen LogP contribution < -0.4 is 0 Å². The van der Waals surface area contributed by atoms with Gasteiger partial charge in [0, 0.05) is 23.1 Å². The zero-order chi connectivity index (χ0) is 16.7. The number of fused-ring (bicyclic) bond motifs is 3. The Morgan fingerprint density at radius 1 is 1.21 bits per heavy atom. The summed E-state index contributed by atoms with van der Waals surface area (Å²) >= 11 is 0. The Bertz CT molecular complexity index is 901. The predicted octanol–water partition coefficient (Wildman–Crippen LogP) is 3.34. The molecule has 1 aromatic heterocycles. The van der Waals surface area contributed by atoms with Gasteiger partial charge in [-0.15, -0.1) is 0 Å². The highest BCUT2D eigenvalue weighted by Crippen LogP contribution is 2.38. The van der Waals surface area contributed by atoms with Gasteiger partial charge in [0.05, 0.1) is 12.6 Å². The summed E-state index contributed by atoms with van der Waals surface area (Å²) in [6.45, 7) is 0.611. The van der Waals surface area contributed by atoms with Crippen molar-refractivity contribution in [2.24, 2.45) is 0 Å². The van der Waals surface area contributed by atoms with E-state index >= 15 is 0 Å². The Hall–Kier alpha value is -2.66. The van der Waals surface area contributed by atoms with Gasteiger partial charge in [0.25, 0.3) is 0 Å². The van der Waals surface area contributed by atoms with Gasteiger partial charge in [-0.3, -0.25) is 9.69 Å². The predicted molar refractivity (Wildman–Crippen MR) is 89.5 cm³/mol. The average molecular weight is 324 g/mol. The molecule has 1 atom stereocenters. The second kappa shape index (κ2) is 5.76. The number of nitrogens with zero attached hydrogens (tertiary/aromatic N) is 1. The van der Waals surface area contributed by atoms with Crippen molar-refractivity contribution in [1.29, 1.82) is 0 Å². The summed E-state index contributed by atoms with van der Waals surface area (Å²) in [5.41, 5.74) is 4.17. The number of hydrogen-bond acceptors (Lipinski definition) is 2. The highest BCUT2D eigenvalue weighted by molar-refractivity contribution is 5.85. The smallest absolute Gasteiger partial charge is 0.317 e. The lowest BCUT2D eigenvalue weighted by atomic mass is 9.92. The number of carboxylic acid groups (broad SMARTS) is 1. The summed E-state index contributed by atoms with van der Waals surface area (Å²) < 4.78 is 13.3. The SMILES string of the molecule is O=C(O)CN1CCc2c([nH]c3ccccc23)C1c1ccc(F)cc1. The van der Waals surface area contributed by atoms with Gasteiger partial charge in [-0.25, -0.2) is 4.39 Å². The fourth-order valence-corrected chi connectivity index (χ4v) is 3.66. The molecule has 2 aromatic carbocycles. The molecule has 0 saturated heterocycles. The van der Waals surface area contributed by atoms with Crippen LogP contribution in [0.25, 0.3) is 10.9 Å². The first-order chi connectivity index (χ1) is 11.6. The zero-order valence-corrected chi connectivity index (χ0v) is 13.0. The third-order valence-corrected chi connectivity index (χ3v) is 4.66. The number of halogens is 1. The highest BCUT2D eigenvalue weighted by Gasteiger charge is 2.32. The van der Waals surface area contributed by atoms with Crippen LogP contribution in [-0.4, -0.2) is 34.0 Å². The average Bonchev–Trinajstić information content (AvgIpc) is 2.94. The number of carbonyl (C=O) groups is 1. The van der Waals surface area contributed by atoms with Gasteiger partial charge in [-0.2, -0.15) is 0 Å². The van der Waals surface area contributed by atoms with Crippen LogP contribution in [0.1, 0.15) is 22.9 Å². The summed E-state index contributed by atoms with van der Waals surface area (Å²) in [4.78, 5) is 16.6. The summed E-state index contributed by atoms with van der Waals surface area (Å²) in [6.07, 6.45) is 0.796. The maximum Gasteiger partial charge on any atom is 0.317 e. The van der Waals surface area contributed by atoms with Crippen molar-refractivity contribution in [2.45, 2.75) is 12.5 Å². The second-order valence-corrected chi connectivity index (χ2v) is 6.13. The standard InChI is InChI=1S/C19H17FN2O2/c20-13-7-5-12(6-8-13)19-18-15(9-10-22(19)11-17(23)24)14-3-1-2-4-16(14)21-18/h1-8,19,21H,9-11H2,(H,23,24). The molecule has 0 radical (unpaired) electrons. The molecule has 4 nitrogen and oxygen atoms in total. The van der Waals surface area contributed by atoms with Gasteiger partial charge in [-0.05, 0) is 35.7 Å². The van der Waals surface area contributed by atoms with Crippen LogP contribution >= 0.6 is 0 Å². The lowest BCUT2D eigenvalue weighted by Crippen LogP contribution is -2.39.